The minimum Gasteiger partial charge on any atom is -0.391 e. The lowest BCUT2D eigenvalue weighted by atomic mass is 10.1. The quantitative estimate of drug-likeness (QED) is 0.720. The lowest BCUT2D eigenvalue weighted by Gasteiger charge is -2.20. The molecule has 0 aromatic rings. The van der Waals surface area contributed by atoms with E-state index in [4.69, 9.17) is 4.74 Å². The van der Waals surface area contributed by atoms with Crippen LogP contribution in [0.2, 0.25) is 0 Å². The molecule has 0 radical (unpaired) electrons. The summed E-state index contributed by atoms with van der Waals surface area (Å²) in [5.41, 5.74) is -0.312. The largest absolute Gasteiger partial charge is 0.391 e. The molecule has 1 unspecified atom stereocenters. The molecule has 4 heteroatoms. The van der Waals surface area contributed by atoms with Crippen molar-refractivity contribution in [3.8, 4) is 0 Å². The summed E-state index contributed by atoms with van der Waals surface area (Å²) in [6.45, 7) is 9.80. The van der Waals surface area contributed by atoms with E-state index in [9.17, 15) is 9.90 Å². The van der Waals surface area contributed by atoms with Crippen molar-refractivity contribution >= 4 is 5.91 Å². The molecule has 0 aliphatic rings. The summed E-state index contributed by atoms with van der Waals surface area (Å²) in [4.78, 5) is 11.3. The zero-order valence-corrected chi connectivity index (χ0v) is 10.3. The van der Waals surface area contributed by atoms with Crippen molar-refractivity contribution < 1.29 is 14.6 Å². The summed E-state index contributed by atoms with van der Waals surface area (Å²) < 4.78 is 5.29. The third kappa shape index (κ3) is 8.39. The Morgan fingerprint density at radius 1 is 1.40 bits per heavy atom. The first kappa shape index (κ1) is 14.4. The van der Waals surface area contributed by atoms with Crippen molar-refractivity contribution in [3.05, 3.63) is 0 Å². The van der Waals surface area contributed by atoms with Gasteiger partial charge in [-0.05, 0) is 26.7 Å². The third-order valence-electron chi connectivity index (χ3n) is 1.91. The molecule has 0 spiro atoms. The van der Waals surface area contributed by atoms with Crippen molar-refractivity contribution in [1.82, 2.24) is 5.32 Å². The number of ether oxygens (including phenoxy) is 1. The van der Waals surface area contributed by atoms with E-state index < -0.39 is 6.10 Å². The molecule has 2 N–H and O–H groups in total. The van der Waals surface area contributed by atoms with E-state index in [2.05, 4.69) is 5.32 Å². The molecule has 0 aliphatic heterocycles. The van der Waals surface area contributed by atoms with Gasteiger partial charge in [0.1, 0.15) is 6.61 Å². The maximum absolute atomic E-state index is 11.3. The van der Waals surface area contributed by atoms with E-state index in [0.29, 0.717) is 0 Å². The van der Waals surface area contributed by atoms with E-state index in [1.165, 1.54) is 0 Å². The first-order valence-electron chi connectivity index (χ1n) is 5.31. The van der Waals surface area contributed by atoms with Crippen LogP contribution in [0, 0.1) is 5.92 Å². The Balaban J connectivity index is 3.67. The second kappa shape index (κ2) is 6.08. The first-order valence-corrected chi connectivity index (χ1v) is 5.31. The number of nitrogens with one attached hydrogen (secondary N) is 1. The maximum atomic E-state index is 11.3. The Hall–Kier alpha value is -0.610. The second-order valence-corrected chi connectivity index (χ2v) is 5.02. The summed E-state index contributed by atoms with van der Waals surface area (Å²) in [6, 6.07) is 0. The number of carbonyl (C=O) groups excluding carboxylic acids is 1. The highest BCUT2D eigenvalue weighted by Crippen LogP contribution is 2.05. The minimum absolute atomic E-state index is 0.0360. The van der Waals surface area contributed by atoms with Crippen LogP contribution < -0.4 is 5.32 Å². The predicted octanol–water partition coefficient (Wildman–Crippen LogP) is 0.935. The van der Waals surface area contributed by atoms with Crippen LogP contribution in [0.4, 0.5) is 0 Å². The van der Waals surface area contributed by atoms with Crippen LogP contribution in [0.15, 0.2) is 0 Å². The standard InChI is InChI=1S/C11H23NO3/c1-8(2)9(13)6-12-10(14)7-15-11(3,4)5/h8-9,13H,6-7H2,1-5H3,(H,12,14). The molecule has 0 rings (SSSR count). The SMILES string of the molecule is CC(C)C(O)CNC(=O)COC(C)(C)C. The number of amides is 1. The van der Waals surface area contributed by atoms with Crippen LogP contribution in [-0.4, -0.2) is 35.9 Å². The van der Waals surface area contributed by atoms with Gasteiger partial charge in [-0.25, -0.2) is 0 Å². The van der Waals surface area contributed by atoms with Crippen molar-refractivity contribution in [1.29, 1.82) is 0 Å². The van der Waals surface area contributed by atoms with Gasteiger partial charge in [-0.15, -0.1) is 0 Å². The maximum Gasteiger partial charge on any atom is 0.246 e. The van der Waals surface area contributed by atoms with Gasteiger partial charge in [-0.3, -0.25) is 4.79 Å². The summed E-state index contributed by atoms with van der Waals surface area (Å²) in [7, 11) is 0. The molecule has 0 aliphatic carbocycles. The normalized spacial score (nSPS) is 14.1. The molecule has 0 aromatic heterocycles. The molecule has 90 valence electrons. The van der Waals surface area contributed by atoms with E-state index in [0.717, 1.165) is 0 Å². The zero-order valence-electron chi connectivity index (χ0n) is 10.3. The van der Waals surface area contributed by atoms with Gasteiger partial charge in [0, 0.05) is 6.54 Å². The fourth-order valence-electron chi connectivity index (χ4n) is 0.787. The molecule has 15 heavy (non-hydrogen) atoms. The summed E-state index contributed by atoms with van der Waals surface area (Å²) in [5, 5.41) is 12.1. The summed E-state index contributed by atoms with van der Waals surface area (Å²) in [5.74, 6) is -0.0431. The molecule has 0 bridgehead atoms. The smallest absolute Gasteiger partial charge is 0.246 e. The molecule has 0 saturated heterocycles. The van der Waals surface area contributed by atoms with Crippen LogP contribution in [0.25, 0.3) is 0 Å². The average molecular weight is 217 g/mol. The number of hydrogen-bond acceptors (Lipinski definition) is 3. The van der Waals surface area contributed by atoms with Gasteiger partial charge in [0.25, 0.3) is 0 Å². The highest BCUT2D eigenvalue weighted by molar-refractivity contribution is 5.77. The van der Waals surface area contributed by atoms with Crippen molar-refractivity contribution in [2.24, 2.45) is 5.92 Å². The van der Waals surface area contributed by atoms with Gasteiger partial charge in [0.15, 0.2) is 0 Å². The summed E-state index contributed by atoms with van der Waals surface area (Å²) in [6.07, 6.45) is -0.497. The van der Waals surface area contributed by atoms with Crippen molar-refractivity contribution in [3.63, 3.8) is 0 Å². The molecule has 1 atom stereocenters. The number of aliphatic hydroxyl groups is 1. The zero-order chi connectivity index (χ0) is 12.1. The number of aliphatic hydroxyl groups excluding tert-OH is 1. The molecule has 4 nitrogen and oxygen atoms in total. The lowest BCUT2D eigenvalue weighted by Crippen LogP contribution is -2.38. The Kier molecular flexibility index (Phi) is 5.83. The fraction of sp³-hybridized carbons (Fsp3) is 0.909. The molecule has 0 fully saturated rings. The fourth-order valence-corrected chi connectivity index (χ4v) is 0.787. The molecular weight excluding hydrogens is 194 g/mol. The molecule has 1 amide bonds. The van der Waals surface area contributed by atoms with Crippen molar-refractivity contribution in [2.75, 3.05) is 13.2 Å². The highest BCUT2D eigenvalue weighted by Gasteiger charge is 2.14. The lowest BCUT2D eigenvalue weighted by molar-refractivity contribution is -0.131. The first-order chi connectivity index (χ1) is 6.72. The monoisotopic (exact) mass is 217 g/mol. The third-order valence-corrected chi connectivity index (χ3v) is 1.91. The Labute approximate surface area is 92.0 Å². The van der Waals surface area contributed by atoms with Gasteiger partial charge < -0.3 is 15.2 Å². The van der Waals surface area contributed by atoms with Gasteiger partial charge in [0.2, 0.25) is 5.91 Å². The van der Waals surface area contributed by atoms with Gasteiger partial charge in [0.05, 0.1) is 11.7 Å². The Bertz CT molecular complexity index is 196. The van der Waals surface area contributed by atoms with Gasteiger partial charge >= 0.3 is 0 Å². The highest BCUT2D eigenvalue weighted by atomic mass is 16.5. The van der Waals surface area contributed by atoms with Gasteiger partial charge in [-0.1, -0.05) is 13.8 Å². The number of carbonyl (C=O) groups is 1. The predicted molar refractivity (Wildman–Crippen MR) is 59.6 cm³/mol. The van der Waals surface area contributed by atoms with E-state index in [-0.39, 0.29) is 30.6 Å². The Morgan fingerprint density at radius 3 is 2.33 bits per heavy atom. The number of rotatable bonds is 5. The van der Waals surface area contributed by atoms with E-state index in [1.54, 1.807) is 0 Å². The average Bonchev–Trinajstić information content (AvgIpc) is 2.09. The minimum atomic E-state index is -0.497. The second-order valence-electron chi connectivity index (χ2n) is 5.02. The van der Waals surface area contributed by atoms with Crippen LogP contribution in [0.3, 0.4) is 0 Å². The van der Waals surface area contributed by atoms with Crippen LogP contribution in [0.1, 0.15) is 34.6 Å². The topological polar surface area (TPSA) is 58.6 Å². The van der Waals surface area contributed by atoms with Crippen molar-refractivity contribution in [2.45, 2.75) is 46.3 Å². The van der Waals surface area contributed by atoms with Crippen LogP contribution >= 0.6 is 0 Å². The van der Waals surface area contributed by atoms with Crippen LogP contribution in [0.5, 0.6) is 0 Å². The number of hydrogen-bond donors (Lipinski definition) is 2. The van der Waals surface area contributed by atoms with Gasteiger partial charge in [-0.2, -0.15) is 0 Å². The van der Waals surface area contributed by atoms with E-state index in [1.807, 2.05) is 34.6 Å². The molecule has 0 aromatic carbocycles. The summed E-state index contributed by atoms with van der Waals surface area (Å²) >= 11 is 0. The van der Waals surface area contributed by atoms with Crippen LogP contribution in [-0.2, 0) is 9.53 Å². The Morgan fingerprint density at radius 2 is 1.93 bits per heavy atom. The molecule has 0 saturated carbocycles. The molecular formula is C11H23NO3. The molecule has 0 heterocycles. The van der Waals surface area contributed by atoms with E-state index >= 15 is 0 Å².